The van der Waals surface area contributed by atoms with Crippen molar-refractivity contribution in [1.82, 2.24) is 9.97 Å². The van der Waals surface area contributed by atoms with E-state index in [-0.39, 0.29) is 0 Å². The SMILES string of the molecule is CCC(C)Nc1ccnc(Nc2c(C)cc(C)cc2C)n1. The number of rotatable bonds is 5. The summed E-state index contributed by atoms with van der Waals surface area (Å²) in [7, 11) is 0. The van der Waals surface area contributed by atoms with Gasteiger partial charge < -0.3 is 10.6 Å². The van der Waals surface area contributed by atoms with Gasteiger partial charge in [0.15, 0.2) is 0 Å². The predicted molar refractivity (Wildman–Crippen MR) is 89.3 cm³/mol. The standard InChI is InChI=1S/C17H24N4/c1-6-14(5)19-15-7-8-18-17(20-15)21-16-12(3)9-11(2)10-13(16)4/h7-10,14H,6H2,1-5H3,(H2,18,19,20,21). The van der Waals surface area contributed by atoms with E-state index in [0.29, 0.717) is 12.0 Å². The van der Waals surface area contributed by atoms with Gasteiger partial charge in [-0.3, -0.25) is 0 Å². The maximum absolute atomic E-state index is 4.53. The molecule has 0 radical (unpaired) electrons. The highest BCUT2D eigenvalue weighted by Crippen LogP contribution is 2.24. The first kappa shape index (κ1) is 15.3. The Morgan fingerprint density at radius 1 is 1.14 bits per heavy atom. The number of nitrogens with one attached hydrogen (secondary N) is 2. The molecule has 4 heteroatoms. The van der Waals surface area contributed by atoms with Crippen molar-refractivity contribution in [3.8, 4) is 0 Å². The minimum Gasteiger partial charge on any atom is -0.367 e. The van der Waals surface area contributed by atoms with E-state index in [2.05, 4.69) is 67.4 Å². The Hall–Kier alpha value is -2.10. The first-order chi connectivity index (χ1) is 9.99. The van der Waals surface area contributed by atoms with Crippen molar-refractivity contribution < 1.29 is 0 Å². The summed E-state index contributed by atoms with van der Waals surface area (Å²) in [4.78, 5) is 8.84. The van der Waals surface area contributed by atoms with Gasteiger partial charge in [0.2, 0.25) is 5.95 Å². The van der Waals surface area contributed by atoms with Crippen LogP contribution in [0.4, 0.5) is 17.5 Å². The third-order valence-corrected chi connectivity index (χ3v) is 3.58. The second-order valence-corrected chi connectivity index (χ2v) is 5.62. The van der Waals surface area contributed by atoms with Crippen molar-refractivity contribution in [1.29, 1.82) is 0 Å². The molecule has 0 aliphatic heterocycles. The van der Waals surface area contributed by atoms with E-state index in [9.17, 15) is 0 Å². The average molecular weight is 284 g/mol. The van der Waals surface area contributed by atoms with E-state index in [1.807, 2.05) is 6.07 Å². The first-order valence-corrected chi connectivity index (χ1v) is 7.44. The van der Waals surface area contributed by atoms with Crippen molar-refractivity contribution in [3.63, 3.8) is 0 Å². The van der Waals surface area contributed by atoms with Gasteiger partial charge in [-0.05, 0) is 51.3 Å². The number of hydrogen-bond donors (Lipinski definition) is 2. The fraction of sp³-hybridized carbons (Fsp3) is 0.412. The van der Waals surface area contributed by atoms with Gasteiger partial charge >= 0.3 is 0 Å². The lowest BCUT2D eigenvalue weighted by molar-refractivity contribution is 0.758. The fourth-order valence-corrected chi connectivity index (χ4v) is 2.34. The molecule has 0 spiro atoms. The summed E-state index contributed by atoms with van der Waals surface area (Å²) >= 11 is 0. The zero-order valence-corrected chi connectivity index (χ0v) is 13.5. The zero-order chi connectivity index (χ0) is 15.4. The van der Waals surface area contributed by atoms with Crippen LogP contribution in [0.1, 0.15) is 37.0 Å². The van der Waals surface area contributed by atoms with Gasteiger partial charge in [-0.1, -0.05) is 24.6 Å². The topological polar surface area (TPSA) is 49.8 Å². The molecule has 2 rings (SSSR count). The van der Waals surface area contributed by atoms with Crippen molar-refractivity contribution in [3.05, 3.63) is 41.1 Å². The summed E-state index contributed by atoms with van der Waals surface area (Å²) in [5.41, 5.74) is 4.76. The van der Waals surface area contributed by atoms with Crippen LogP contribution in [0.25, 0.3) is 0 Å². The van der Waals surface area contributed by atoms with Crippen LogP contribution in [0.2, 0.25) is 0 Å². The van der Waals surface area contributed by atoms with Crippen molar-refractivity contribution in [2.24, 2.45) is 0 Å². The highest BCUT2D eigenvalue weighted by Gasteiger charge is 2.07. The molecule has 112 valence electrons. The van der Waals surface area contributed by atoms with Crippen LogP contribution in [-0.2, 0) is 0 Å². The molecule has 0 saturated heterocycles. The third kappa shape index (κ3) is 3.94. The molecular formula is C17H24N4. The second-order valence-electron chi connectivity index (χ2n) is 5.62. The molecule has 21 heavy (non-hydrogen) atoms. The molecule has 0 aliphatic carbocycles. The summed E-state index contributed by atoms with van der Waals surface area (Å²) in [5.74, 6) is 1.47. The monoisotopic (exact) mass is 284 g/mol. The van der Waals surface area contributed by atoms with Gasteiger partial charge in [0.1, 0.15) is 5.82 Å². The maximum atomic E-state index is 4.53. The lowest BCUT2D eigenvalue weighted by Crippen LogP contribution is -2.15. The number of aromatic nitrogens is 2. The van der Waals surface area contributed by atoms with Crippen LogP contribution in [0.5, 0.6) is 0 Å². The molecule has 4 nitrogen and oxygen atoms in total. The number of anilines is 3. The van der Waals surface area contributed by atoms with Gasteiger partial charge in [0, 0.05) is 17.9 Å². The Balaban J connectivity index is 2.22. The van der Waals surface area contributed by atoms with Gasteiger partial charge in [-0.2, -0.15) is 4.98 Å². The maximum Gasteiger partial charge on any atom is 0.229 e. The van der Waals surface area contributed by atoms with E-state index in [1.165, 1.54) is 16.7 Å². The largest absolute Gasteiger partial charge is 0.367 e. The van der Waals surface area contributed by atoms with Gasteiger partial charge in [-0.25, -0.2) is 4.98 Å². The molecule has 1 aromatic carbocycles. The third-order valence-electron chi connectivity index (χ3n) is 3.58. The lowest BCUT2D eigenvalue weighted by atomic mass is 10.1. The molecule has 1 aromatic heterocycles. The smallest absolute Gasteiger partial charge is 0.229 e. The number of hydrogen-bond acceptors (Lipinski definition) is 4. The highest BCUT2D eigenvalue weighted by atomic mass is 15.1. The molecule has 1 heterocycles. The normalized spacial score (nSPS) is 12.0. The molecular weight excluding hydrogens is 260 g/mol. The summed E-state index contributed by atoms with van der Waals surface area (Å²) < 4.78 is 0. The van der Waals surface area contributed by atoms with Crippen LogP contribution >= 0.6 is 0 Å². The second kappa shape index (κ2) is 6.57. The molecule has 0 amide bonds. The Bertz CT molecular complexity index is 599. The Kier molecular flexibility index (Phi) is 4.78. The van der Waals surface area contributed by atoms with Crippen LogP contribution < -0.4 is 10.6 Å². The molecule has 1 atom stereocenters. The van der Waals surface area contributed by atoms with Crippen LogP contribution in [0.15, 0.2) is 24.4 Å². The number of benzene rings is 1. The lowest BCUT2D eigenvalue weighted by Gasteiger charge is -2.15. The fourth-order valence-electron chi connectivity index (χ4n) is 2.34. The summed E-state index contributed by atoms with van der Waals surface area (Å²) in [6.45, 7) is 10.6. The molecule has 0 saturated carbocycles. The van der Waals surface area contributed by atoms with Crippen molar-refractivity contribution in [2.45, 2.75) is 47.1 Å². The summed E-state index contributed by atoms with van der Waals surface area (Å²) in [6.07, 6.45) is 2.84. The van der Waals surface area contributed by atoms with Crippen LogP contribution in [0, 0.1) is 20.8 Å². The summed E-state index contributed by atoms with van der Waals surface area (Å²) in [5, 5.41) is 6.70. The Morgan fingerprint density at radius 3 is 2.43 bits per heavy atom. The van der Waals surface area contributed by atoms with Crippen molar-refractivity contribution in [2.75, 3.05) is 10.6 Å². The van der Waals surface area contributed by atoms with Crippen molar-refractivity contribution >= 4 is 17.5 Å². The van der Waals surface area contributed by atoms with Crippen LogP contribution in [0.3, 0.4) is 0 Å². The molecule has 2 aromatic rings. The number of nitrogens with zero attached hydrogens (tertiary/aromatic N) is 2. The van der Waals surface area contributed by atoms with E-state index in [1.54, 1.807) is 6.20 Å². The predicted octanol–water partition coefficient (Wildman–Crippen LogP) is 4.36. The first-order valence-electron chi connectivity index (χ1n) is 7.44. The molecule has 0 fully saturated rings. The minimum atomic E-state index is 0.399. The van der Waals surface area contributed by atoms with Crippen LogP contribution in [-0.4, -0.2) is 16.0 Å². The molecule has 1 unspecified atom stereocenters. The molecule has 2 N–H and O–H groups in total. The van der Waals surface area contributed by atoms with Gasteiger partial charge in [0.05, 0.1) is 0 Å². The summed E-state index contributed by atoms with van der Waals surface area (Å²) in [6, 6.07) is 6.62. The van der Waals surface area contributed by atoms with E-state index in [0.717, 1.165) is 17.9 Å². The molecule has 0 aliphatic rings. The average Bonchev–Trinajstić information content (AvgIpc) is 2.43. The Labute approximate surface area is 127 Å². The number of aryl methyl sites for hydroxylation is 3. The van der Waals surface area contributed by atoms with Gasteiger partial charge in [-0.15, -0.1) is 0 Å². The van der Waals surface area contributed by atoms with E-state index < -0.39 is 0 Å². The highest BCUT2D eigenvalue weighted by molar-refractivity contribution is 5.64. The van der Waals surface area contributed by atoms with Gasteiger partial charge in [0.25, 0.3) is 0 Å². The zero-order valence-electron chi connectivity index (χ0n) is 13.5. The minimum absolute atomic E-state index is 0.399. The molecule has 0 bridgehead atoms. The van der Waals surface area contributed by atoms with E-state index >= 15 is 0 Å². The quantitative estimate of drug-likeness (QED) is 0.856. The Morgan fingerprint density at radius 2 is 1.81 bits per heavy atom. The van der Waals surface area contributed by atoms with E-state index in [4.69, 9.17) is 0 Å².